The van der Waals surface area contributed by atoms with E-state index >= 15 is 0 Å². The quantitative estimate of drug-likeness (QED) is 0.437. The Hall–Kier alpha value is -1.09. The Bertz CT molecular complexity index is 510. The molecule has 4 heteroatoms. The predicted molar refractivity (Wildman–Crippen MR) is 86.7 cm³/mol. The first-order valence-electron chi connectivity index (χ1n) is 7.65. The number of halogens is 1. The van der Waals surface area contributed by atoms with E-state index in [-0.39, 0.29) is 16.0 Å². The molecule has 0 radical (unpaired) electrons. The van der Waals surface area contributed by atoms with Crippen LogP contribution in [-0.2, 0) is 6.42 Å². The van der Waals surface area contributed by atoms with Gasteiger partial charge in [-0.2, -0.15) is 0 Å². The van der Waals surface area contributed by atoms with E-state index in [0.717, 1.165) is 24.8 Å². The van der Waals surface area contributed by atoms with E-state index in [1.165, 1.54) is 6.42 Å². The van der Waals surface area contributed by atoms with Crippen molar-refractivity contribution in [3.8, 4) is 0 Å². The highest BCUT2D eigenvalue weighted by molar-refractivity contribution is 6.20. The Morgan fingerprint density at radius 2 is 2.05 bits per heavy atom. The van der Waals surface area contributed by atoms with Gasteiger partial charge in [0.25, 0.3) is 5.69 Å². The van der Waals surface area contributed by atoms with Crippen molar-refractivity contribution < 1.29 is 4.92 Å². The van der Waals surface area contributed by atoms with Crippen LogP contribution in [0, 0.1) is 27.4 Å². The van der Waals surface area contributed by atoms with Crippen LogP contribution in [0.25, 0.3) is 0 Å². The first-order chi connectivity index (χ1) is 9.77. The number of nitro groups is 1. The van der Waals surface area contributed by atoms with Crippen LogP contribution in [-0.4, -0.2) is 10.3 Å². The molecule has 1 aromatic rings. The van der Waals surface area contributed by atoms with Gasteiger partial charge < -0.3 is 0 Å². The topological polar surface area (TPSA) is 43.1 Å². The Kier molecular flexibility index (Phi) is 4.92. The smallest absolute Gasteiger partial charge is 0.258 e. The van der Waals surface area contributed by atoms with Crippen molar-refractivity contribution in [2.75, 3.05) is 0 Å². The lowest BCUT2D eigenvalue weighted by Gasteiger charge is -2.40. The minimum Gasteiger partial charge on any atom is -0.258 e. The van der Waals surface area contributed by atoms with E-state index in [1.807, 2.05) is 6.07 Å². The maximum Gasteiger partial charge on any atom is 0.269 e. The van der Waals surface area contributed by atoms with Crippen molar-refractivity contribution in [1.82, 2.24) is 0 Å². The first kappa shape index (κ1) is 16.3. The van der Waals surface area contributed by atoms with Crippen LogP contribution in [0.4, 0.5) is 5.69 Å². The normalized spacial score (nSPS) is 26.6. The average molecular weight is 310 g/mol. The number of alkyl halides is 1. The lowest BCUT2D eigenvalue weighted by Crippen LogP contribution is -2.33. The summed E-state index contributed by atoms with van der Waals surface area (Å²) in [6.45, 7) is 6.87. The average Bonchev–Trinajstić information content (AvgIpc) is 2.40. The minimum absolute atomic E-state index is 0.168. The molecule has 3 unspecified atom stereocenters. The zero-order chi connectivity index (χ0) is 15.6. The molecule has 1 aromatic carbocycles. The van der Waals surface area contributed by atoms with Gasteiger partial charge in [-0.15, -0.1) is 11.6 Å². The second-order valence-corrected chi connectivity index (χ2v) is 7.84. The maximum absolute atomic E-state index is 10.9. The molecular formula is C17H24ClNO2. The first-order valence-corrected chi connectivity index (χ1v) is 8.08. The molecule has 3 nitrogen and oxygen atoms in total. The van der Waals surface area contributed by atoms with Gasteiger partial charge in [0.2, 0.25) is 0 Å². The van der Waals surface area contributed by atoms with Crippen LogP contribution in [0.15, 0.2) is 24.3 Å². The van der Waals surface area contributed by atoms with Crippen LogP contribution >= 0.6 is 11.6 Å². The molecule has 1 aliphatic rings. The van der Waals surface area contributed by atoms with Crippen molar-refractivity contribution in [2.45, 2.75) is 51.8 Å². The monoisotopic (exact) mass is 309 g/mol. The standard InChI is InChI=1S/C17H24ClNO2/c1-17(2,3)14-7-8-16(18)13(11-14)9-12-5-4-6-15(10-12)19(20)21/h4-6,10,13-14,16H,7-9,11H2,1-3H3. The van der Waals surface area contributed by atoms with Crippen LogP contribution in [0.3, 0.4) is 0 Å². The number of nitrogens with zero attached hydrogens (tertiary/aromatic N) is 1. The molecule has 0 heterocycles. The summed E-state index contributed by atoms with van der Waals surface area (Å²) >= 11 is 6.52. The third-order valence-electron chi connectivity index (χ3n) is 4.73. The Morgan fingerprint density at radius 3 is 2.67 bits per heavy atom. The van der Waals surface area contributed by atoms with E-state index < -0.39 is 0 Å². The summed E-state index contributed by atoms with van der Waals surface area (Å²) in [6.07, 6.45) is 4.18. The highest BCUT2D eigenvalue weighted by atomic mass is 35.5. The minimum atomic E-state index is -0.333. The second-order valence-electron chi connectivity index (χ2n) is 7.28. The summed E-state index contributed by atoms with van der Waals surface area (Å²) in [5, 5.41) is 11.1. The van der Waals surface area contributed by atoms with Gasteiger partial charge in [0.15, 0.2) is 0 Å². The van der Waals surface area contributed by atoms with Crippen molar-refractivity contribution >= 4 is 17.3 Å². The number of non-ortho nitro benzene ring substituents is 1. The summed E-state index contributed by atoms with van der Waals surface area (Å²) in [6, 6.07) is 6.96. The number of hydrogen-bond donors (Lipinski definition) is 0. The zero-order valence-electron chi connectivity index (χ0n) is 13.0. The summed E-state index contributed by atoms with van der Waals surface area (Å²) in [5.41, 5.74) is 1.49. The molecule has 0 saturated heterocycles. The maximum atomic E-state index is 10.9. The third kappa shape index (κ3) is 4.19. The molecule has 2 rings (SSSR count). The molecule has 0 aromatic heterocycles. The number of nitro benzene ring substituents is 1. The molecule has 0 aliphatic heterocycles. The fraction of sp³-hybridized carbons (Fsp3) is 0.647. The number of benzene rings is 1. The molecule has 0 amide bonds. The fourth-order valence-corrected chi connectivity index (χ4v) is 3.64. The van der Waals surface area contributed by atoms with Gasteiger partial charge in [-0.05, 0) is 48.5 Å². The molecular weight excluding hydrogens is 286 g/mol. The number of hydrogen-bond acceptors (Lipinski definition) is 2. The Morgan fingerprint density at radius 1 is 1.33 bits per heavy atom. The molecule has 0 bridgehead atoms. The fourth-order valence-electron chi connectivity index (χ4n) is 3.32. The molecule has 116 valence electrons. The SMILES string of the molecule is CC(C)(C)C1CCC(Cl)C(Cc2cccc([N+](=O)[O-])c2)C1. The summed E-state index contributed by atoms with van der Waals surface area (Å²) in [4.78, 5) is 10.5. The van der Waals surface area contributed by atoms with Gasteiger partial charge in [0, 0.05) is 17.5 Å². The molecule has 1 aliphatic carbocycles. The van der Waals surface area contributed by atoms with E-state index in [2.05, 4.69) is 20.8 Å². The third-order valence-corrected chi connectivity index (χ3v) is 5.31. The predicted octanol–water partition coefficient (Wildman–Crippen LogP) is 5.21. The molecule has 0 N–H and O–H groups in total. The van der Waals surface area contributed by atoms with Crippen LogP contribution < -0.4 is 0 Å². The van der Waals surface area contributed by atoms with Gasteiger partial charge in [-0.25, -0.2) is 0 Å². The van der Waals surface area contributed by atoms with Gasteiger partial charge in [-0.1, -0.05) is 32.9 Å². The van der Waals surface area contributed by atoms with Gasteiger partial charge in [0.05, 0.1) is 4.92 Å². The van der Waals surface area contributed by atoms with Crippen molar-refractivity contribution in [2.24, 2.45) is 17.3 Å². The zero-order valence-corrected chi connectivity index (χ0v) is 13.8. The van der Waals surface area contributed by atoms with Crippen molar-refractivity contribution in [3.05, 3.63) is 39.9 Å². The molecule has 0 spiro atoms. The Labute approximate surface area is 131 Å². The lowest BCUT2D eigenvalue weighted by molar-refractivity contribution is -0.384. The summed E-state index contributed by atoms with van der Waals surface area (Å²) in [7, 11) is 0. The summed E-state index contributed by atoms with van der Waals surface area (Å²) in [5.74, 6) is 1.09. The van der Waals surface area contributed by atoms with Gasteiger partial charge >= 0.3 is 0 Å². The highest BCUT2D eigenvalue weighted by Gasteiger charge is 2.35. The van der Waals surface area contributed by atoms with Gasteiger partial charge in [0.1, 0.15) is 0 Å². The lowest BCUT2D eigenvalue weighted by atomic mass is 9.68. The highest BCUT2D eigenvalue weighted by Crippen LogP contribution is 2.43. The van der Waals surface area contributed by atoms with E-state index in [9.17, 15) is 10.1 Å². The molecule has 3 atom stereocenters. The summed E-state index contributed by atoms with van der Waals surface area (Å²) < 4.78 is 0. The Balaban J connectivity index is 2.10. The van der Waals surface area contributed by atoms with Crippen molar-refractivity contribution in [1.29, 1.82) is 0 Å². The molecule has 1 saturated carbocycles. The van der Waals surface area contributed by atoms with E-state index in [1.54, 1.807) is 18.2 Å². The van der Waals surface area contributed by atoms with E-state index in [4.69, 9.17) is 11.6 Å². The van der Waals surface area contributed by atoms with Crippen LogP contribution in [0.5, 0.6) is 0 Å². The van der Waals surface area contributed by atoms with E-state index in [0.29, 0.717) is 17.3 Å². The molecule has 1 fully saturated rings. The number of rotatable bonds is 3. The van der Waals surface area contributed by atoms with Crippen LogP contribution in [0.2, 0.25) is 0 Å². The largest absolute Gasteiger partial charge is 0.269 e. The van der Waals surface area contributed by atoms with Crippen molar-refractivity contribution in [3.63, 3.8) is 0 Å². The second kappa shape index (κ2) is 6.35. The molecule has 21 heavy (non-hydrogen) atoms. The van der Waals surface area contributed by atoms with Gasteiger partial charge in [-0.3, -0.25) is 10.1 Å². The van der Waals surface area contributed by atoms with Crippen LogP contribution in [0.1, 0.15) is 45.6 Å².